The van der Waals surface area contributed by atoms with Crippen molar-refractivity contribution in [1.29, 1.82) is 0 Å². The van der Waals surface area contributed by atoms with Crippen LogP contribution in [0.25, 0.3) is 0 Å². The zero-order chi connectivity index (χ0) is 17.9. The number of carbonyl (C=O) groups excluding carboxylic acids is 1. The van der Waals surface area contributed by atoms with Crippen molar-refractivity contribution in [3.8, 4) is 11.5 Å². The molecule has 1 N–H and O–H groups in total. The summed E-state index contributed by atoms with van der Waals surface area (Å²) >= 11 is 0. The van der Waals surface area contributed by atoms with E-state index < -0.39 is 0 Å². The summed E-state index contributed by atoms with van der Waals surface area (Å²) in [4.78, 5) is 12.3. The van der Waals surface area contributed by atoms with E-state index in [0.717, 1.165) is 5.75 Å². The molecule has 25 heavy (non-hydrogen) atoms. The maximum Gasteiger partial charge on any atom is 0.255 e. The van der Waals surface area contributed by atoms with Crippen LogP contribution in [0.1, 0.15) is 17.3 Å². The Morgan fingerprint density at radius 3 is 2.28 bits per heavy atom. The number of hydrogen-bond donors (Lipinski definition) is 1. The molecule has 5 nitrogen and oxygen atoms in total. The van der Waals surface area contributed by atoms with Crippen LogP contribution in [0.2, 0.25) is 0 Å². The molecule has 0 aliphatic carbocycles. The van der Waals surface area contributed by atoms with Gasteiger partial charge in [0.05, 0.1) is 6.61 Å². The maximum absolute atomic E-state index is 12.3. The number of carbonyl (C=O) groups is 1. The number of amides is 1. The van der Waals surface area contributed by atoms with Gasteiger partial charge in [0, 0.05) is 17.9 Å². The van der Waals surface area contributed by atoms with E-state index in [9.17, 15) is 4.79 Å². The fourth-order valence-electron chi connectivity index (χ4n) is 2.06. The van der Waals surface area contributed by atoms with Gasteiger partial charge in [0.25, 0.3) is 5.91 Å². The minimum absolute atomic E-state index is 0.180. The molecular weight excluding hydrogens is 318 g/mol. The number of hydrogen-bond acceptors (Lipinski definition) is 4. The first-order chi connectivity index (χ1) is 12.2. The number of rotatable bonds is 10. The van der Waals surface area contributed by atoms with Gasteiger partial charge >= 0.3 is 0 Å². The molecule has 0 saturated heterocycles. The zero-order valence-electron chi connectivity index (χ0n) is 14.4. The summed E-state index contributed by atoms with van der Waals surface area (Å²) in [6, 6.07) is 14.2. The van der Waals surface area contributed by atoms with Gasteiger partial charge in [-0.3, -0.25) is 4.79 Å². The van der Waals surface area contributed by atoms with E-state index >= 15 is 0 Å². The number of nitrogens with one attached hydrogen (secondary N) is 1. The Morgan fingerprint density at radius 1 is 1.00 bits per heavy atom. The van der Waals surface area contributed by atoms with Crippen molar-refractivity contribution in [2.24, 2.45) is 0 Å². The van der Waals surface area contributed by atoms with Crippen LogP contribution in [0.5, 0.6) is 11.5 Å². The minimum Gasteiger partial charge on any atom is -0.491 e. The predicted molar refractivity (Wildman–Crippen MR) is 98.5 cm³/mol. The summed E-state index contributed by atoms with van der Waals surface area (Å²) in [5.74, 6) is 1.26. The third kappa shape index (κ3) is 6.31. The second kappa shape index (κ2) is 10.2. The van der Waals surface area contributed by atoms with Gasteiger partial charge < -0.3 is 19.5 Å². The topological polar surface area (TPSA) is 56.8 Å². The van der Waals surface area contributed by atoms with Crippen LogP contribution in [0.3, 0.4) is 0 Å². The van der Waals surface area contributed by atoms with Gasteiger partial charge in [0.15, 0.2) is 0 Å². The normalized spacial score (nSPS) is 10.1. The molecule has 132 valence electrons. The molecule has 0 atom stereocenters. The van der Waals surface area contributed by atoms with Crippen LogP contribution in [0, 0.1) is 0 Å². The molecule has 1 amide bonds. The first kappa shape index (κ1) is 18.5. The van der Waals surface area contributed by atoms with Crippen molar-refractivity contribution in [3.63, 3.8) is 0 Å². The lowest BCUT2D eigenvalue weighted by atomic mass is 10.2. The second-order valence-corrected chi connectivity index (χ2v) is 5.15. The van der Waals surface area contributed by atoms with Crippen molar-refractivity contribution in [1.82, 2.24) is 0 Å². The van der Waals surface area contributed by atoms with E-state index in [1.165, 1.54) is 0 Å². The van der Waals surface area contributed by atoms with Crippen molar-refractivity contribution in [2.75, 3.05) is 31.7 Å². The molecule has 2 rings (SSSR count). The Bertz CT molecular complexity index is 665. The van der Waals surface area contributed by atoms with E-state index in [2.05, 4.69) is 11.9 Å². The zero-order valence-corrected chi connectivity index (χ0v) is 14.4. The Morgan fingerprint density at radius 2 is 1.64 bits per heavy atom. The van der Waals surface area contributed by atoms with Crippen LogP contribution in [0.15, 0.2) is 61.2 Å². The van der Waals surface area contributed by atoms with E-state index in [4.69, 9.17) is 14.2 Å². The van der Waals surface area contributed by atoms with E-state index in [0.29, 0.717) is 43.4 Å². The van der Waals surface area contributed by atoms with Crippen LogP contribution in [-0.4, -0.2) is 32.3 Å². The van der Waals surface area contributed by atoms with Crippen molar-refractivity contribution in [3.05, 3.63) is 66.7 Å². The molecule has 0 spiro atoms. The Kier molecular flexibility index (Phi) is 7.53. The number of anilines is 1. The average molecular weight is 341 g/mol. The van der Waals surface area contributed by atoms with Crippen molar-refractivity contribution in [2.45, 2.75) is 6.92 Å². The predicted octanol–water partition coefficient (Wildman–Crippen LogP) is 3.92. The largest absolute Gasteiger partial charge is 0.491 e. The van der Waals surface area contributed by atoms with E-state index in [-0.39, 0.29) is 5.91 Å². The van der Waals surface area contributed by atoms with Gasteiger partial charge in [0.2, 0.25) is 0 Å². The first-order valence-electron chi connectivity index (χ1n) is 8.18. The smallest absolute Gasteiger partial charge is 0.255 e. The summed E-state index contributed by atoms with van der Waals surface area (Å²) in [6.45, 7) is 7.71. The third-order valence-electron chi connectivity index (χ3n) is 3.30. The highest BCUT2D eigenvalue weighted by Gasteiger charge is 2.06. The van der Waals surface area contributed by atoms with Crippen LogP contribution in [0.4, 0.5) is 5.69 Å². The monoisotopic (exact) mass is 341 g/mol. The lowest BCUT2D eigenvalue weighted by Crippen LogP contribution is -2.11. The molecular formula is C20H23NO4. The lowest BCUT2D eigenvalue weighted by molar-refractivity contribution is 0.102. The second-order valence-electron chi connectivity index (χ2n) is 5.15. The first-order valence-corrected chi connectivity index (χ1v) is 8.18. The van der Waals surface area contributed by atoms with Gasteiger partial charge in [-0.05, 0) is 55.5 Å². The molecule has 0 aromatic heterocycles. The summed E-state index contributed by atoms with van der Waals surface area (Å²) in [6.07, 6.45) is 1.67. The van der Waals surface area contributed by atoms with Crippen LogP contribution < -0.4 is 14.8 Å². The summed E-state index contributed by atoms with van der Waals surface area (Å²) in [5.41, 5.74) is 1.26. The SMILES string of the molecule is C=CCOc1ccc(C(=O)Nc2ccc(OCCOCC)cc2)cc1. The van der Waals surface area contributed by atoms with Gasteiger partial charge in [0.1, 0.15) is 24.7 Å². The molecule has 5 heteroatoms. The van der Waals surface area contributed by atoms with Gasteiger partial charge in [-0.15, -0.1) is 0 Å². The third-order valence-corrected chi connectivity index (χ3v) is 3.30. The average Bonchev–Trinajstić information content (AvgIpc) is 2.65. The van der Waals surface area contributed by atoms with Crippen molar-refractivity contribution < 1.29 is 19.0 Å². The highest BCUT2D eigenvalue weighted by molar-refractivity contribution is 6.04. The number of ether oxygens (including phenoxy) is 3. The molecule has 0 heterocycles. The van der Waals surface area contributed by atoms with E-state index in [1.54, 1.807) is 42.5 Å². The summed E-state index contributed by atoms with van der Waals surface area (Å²) in [5, 5.41) is 2.85. The molecule has 0 fully saturated rings. The van der Waals surface area contributed by atoms with Crippen LogP contribution in [-0.2, 0) is 4.74 Å². The summed E-state index contributed by atoms with van der Waals surface area (Å²) in [7, 11) is 0. The standard InChI is InChI=1S/C20H23NO4/c1-3-13-24-18-9-5-16(6-10-18)20(22)21-17-7-11-19(12-8-17)25-15-14-23-4-2/h3,5-12H,1,4,13-15H2,2H3,(H,21,22). The number of benzene rings is 2. The molecule has 0 unspecified atom stereocenters. The van der Waals surface area contributed by atoms with Crippen LogP contribution >= 0.6 is 0 Å². The quantitative estimate of drug-likeness (QED) is 0.526. The maximum atomic E-state index is 12.3. The van der Waals surface area contributed by atoms with Crippen molar-refractivity contribution >= 4 is 11.6 Å². The summed E-state index contributed by atoms with van der Waals surface area (Å²) < 4.78 is 16.2. The Labute approximate surface area is 148 Å². The lowest BCUT2D eigenvalue weighted by Gasteiger charge is -2.09. The molecule has 0 bridgehead atoms. The molecule has 0 aliphatic rings. The Hall–Kier alpha value is -2.79. The molecule has 2 aromatic carbocycles. The van der Waals surface area contributed by atoms with Gasteiger partial charge in [-0.25, -0.2) is 0 Å². The fourth-order valence-corrected chi connectivity index (χ4v) is 2.06. The molecule has 0 aliphatic heterocycles. The van der Waals surface area contributed by atoms with E-state index in [1.807, 2.05) is 19.1 Å². The fraction of sp³-hybridized carbons (Fsp3) is 0.250. The minimum atomic E-state index is -0.180. The molecule has 2 aromatic rings. The highest BCUT2D eigenvalue weighted by Crippen LogP contribution is 2.17. The molecule has 0 saturated carbocycles. The molecule has 0 radical (unpaired) electrons. The Balaban J connectivity index is 1.86. The van der Waals surface area contributed by atoms with Gasteiger partial charge in [-0.1, -0.05) is 12.7 Å². The van der Waals surface area contributed by atoms with Gasteiger partial charge in [-0.2, -0.15) is 0 Å². The highest BCUT2D eigenvalue weighted by atomic mass is 16.5.